The van der Waals surface area contributed by atoms with Crippen LogP contribution in [0.2, 0.25) is 0 Å². The van der Waals surface area contributed by atoms with Crippen LogP contribution in [-0.2, 0) is 13.0 Å². The van der Waals surface area contributed by atoms with Gasteiger partial charge in [-0.2, -0.15) is 9.47 Å². The van der Waals surface area contributed by atoms with E-state index >= 15 is 0 Å². The number of H-pyrrole nitrogens is 1. The summed E-state index contributed by atoms with van der Waals surface area (Å²) in [5.41, 5.74) is 7.40. The molecule has 0 aliphatic carbocycles. The molecule has 0 atom stereocenters. The SMILES string of the molecule is Cc1cn2c(-c3cn[nH]c3)cnc2c(Nc2cc(CN3CCc4ccccc43)ns2)n1. The van der Waals surface area contributed by atoms with E-state index in [2.05, 4.69) is 65.1 Å². The van der Waals surface area contributed by atoms with Gasteiger partial charge in [0.1, 0.15) is 5.00 Å². The molecule has 1 aromatic carbocycles. The molecule has 154 valence electrons. The highest BCUT2D eigenvalue weighted by atomic mass is 32.1. The highest BCUT2D eigenvalue weighted by molar-refractivity contribution is 7.10. The summed E-state index contributed by atoms with van der Waals surface area (Å²) in [4.78, 5) is 11.7. The number of aromatic amines is 1. The number of nitrogens with zero attached hydrogens (tertiary/aromatic N) is 6. The molecular formula is C22H20N8S. The quantitative estimate of drug-likeness (QED) is 0.436. The number of nitrogens with one attached hydrogen (secondary N) is 2. The van der Waals surface area contributed by atoms with Crippen molar-refractivity contribution in [3.8, 4) is 11.3 Å². The van der Waals surface area contributed by atoms with Crippen LogP contribution in [0.1, 0.15) is 17.0 Å². The van der Waals surface area contributed by atoms with Gasteiger partial charge in [-0.05, 0) is 42.6 Å². The van der Waals surface area contributed by atoms with E-state index in [4.69, 9.17) is 0 Å². The van der Waals surface area contributed by atoms with Crippen LogP contribution in [-0.4, -0.2) is 35.5 Å². The van der Waals surface area contributed by atoms with Crippen LogP contribution in [0.4, 0.5) is 16.5 Å². The van der Waals surface area contributed by atoms with E-state index < -0.39 is 0 Å². The van der Waals surface area contributed by atoms with Gasteiger partial charge in [-0.15, -0.1) is 0 Å². The Bertz CT molecular complexity index is 1370. The normalized spacial score (nSPS) is 13.1. The first-order chi connectivity index (χ1) is 15.2. The zero-order valence-electron chi connectivity index (χ0n) is 16.9. The lowest BCUT2D eigenvalue weighted by Gasteiger charge is -2.17. The first-order valence-corrected chi connectivity index (χ1v) is 10.9. The van der Waals surface area contributed by atoms with Crippen LogP contribution in [0.3, 0.4) is 0 Å². The molecule has 9 heteroatoms. The molecule has 0 spiro atoms. The van der Waals surface area contributed by atoms with Crippen molar-refractivity contribution in [2.45, 2.75) is 19.9 Å². The van der Waals surface area contributed by atoms with Crippen molar-refractivity contribution in [3.05, 3.63) is 72.1 Å². The molecular weight excluding hydrogens is 408 g/mol. The van der Waals surface area contributed by atoms with Crippen LogP contribution >= 0.6 is 11.5 Å². The zero-order chi connectivity index (χ0) is 20.8. The van der Waals surface area contributed by atoms with Gasteiger partial charge in [0, 0.05) is 30.2 Å². The molecule has 0 bridgehead atoms. The van der Waals surface area contributed by atoms with Crippen molar-refractivity contribution < 1.29 is 0 Å². The Morgan fingerprint density at radius 2 is 2.16 bits per heavy atom. The molecule has 6 rings (SSSR count). The van der Waals surface area contributed by atoms with Gasteiger partial charge in [-0.1, -0.05) is 18.2 Å². The van der Waals surface area contributed by atoms with Crippen molar-refractivity contribution in [3.63, 3.8) is 0 Å². The first-order valence-electron chi connectivity index (χ1n) is 10.1. The summed E-state index contributed by atoms with van der Waals surface area (Å²) in [6.07, 6.45) is 8.57. The average molecular weight is 429 g/mol. The molecule has 2 N–H and O–H groups in total. The predicted octanol–water partition coefficient (Wildman–Crippen LogP) is 4.19. The smallest absolute Gasteiger partial charge is 0.180 e. The monoisotopic (exact) mass is 428 g/mol. The maximum Gasteiger partial charge on any atom is 0.180 e. The van der Waals surface area contributed by atoms with E-state index in [1.165, 1.54) is 22.8 Å². The highest BCUT2D eigenvalue weighted by Gasteiger charge is 2.20. The summed E-state index contributed by atoms with van der Waals surface area (Å²) in [5, 5.41) is 11.3. The van der Waals surface area contributed by atoms with Gasteiger partial charge >= 0.3 is 0 Å². The van der Waals surface area contributed by atoms with E-state index in [0.717, 1.165) is 58.6 Å². The number of fused-ring (bicyclic) bond motifs is 2. The molecule has 0 amide bonds. The number of anilines is 3. The number of rotatable bonds is 5. The summed E-state index contributed by atoms with van der Waals surface area (Å²) in [6.45, 7) is 3.82. The van der Waals surface area contributed by atoms with Gasteiger partial charge in [0.2, 0.25) is 0 Å². The molecule has 8 nitrogen and oxygen atoms in total. The topological polar surface area (TPSA) is 87.0 Å². The van der Waals surface area contributed by atoms with Gasteiger partial charge in [0.15, 0.2) is 11.5 Å². The Morgan fingerprint density at radius 3 is 3.06 bits per heavy atom. The molecule has 1 aliphatic heterocycles. The third-order valence-corrected chi connectivity index (χ3v) is 6.29. The van der Waals surface area contributed by atoms with E-state index in [-0.39, 0.29) is 0 Å². The molecule has 5 heterocycles. The lowest BCUT2D eigenvalue weighted by Crippen LogP contribution is -2.19. The van der Waals surface area contributed by atoms with Crippen molar-refractivity contribution in [2.75, 3.05) is 16.8 Å². The number of hydrogen-bond donors (Lipinski definition) is 2. The molecule has 0 saturated carbocycles. The largest absolute Gasteiger partial charge is 0.365 e. The number of imidazole rings is 1. The summed E-state index contributed by atoms with van der Waals surface area (Å²) in [7, 11) is 0. The van der Waals surface area contributed by atoms with Crippen molar-refractivity contribution in [1.29, 1.82) is 0 Å². The van der Waals surface area contributed by atoms with Crippen molar-refractivity contribution in [2.24, 2.45) is 0 Å². The molecule has 0 saturated heterocycles. The molecule has 0 unspecified atom stereocenters. The number of aromatic nitrogens is 6. The summed E-state index contributed by atoms with van der Waals surface area (Å²) in [6, 6.07) is 10.7. The predicted molar refractivity (Wildman–Crippen MR) is 122 cm³/mol. The van der Waals surface area contributed by atoms with Gasteiger partial charge < -0.3 is 10.2 Å². The third-order valence-electron chi connectivity index (χ3n) is 5.54. The minimum atomic E-state index is 0.719. The zero-order valence-corrected chi connectivity index (χ0v) is 17.7. The Kier molecular flexibility index (Phi) is 4.20. The fourth-order valence-electron chi connectivity index (χ4n) is 4.13. The summed E-state index contributed by atoms with van der Waals surface area (Å²) >= 11 is 1.45. The van der Waals surface area contributed by atoms with Gasteiger partial charge in [0.25, 0.3) is 0 Å². The number of aryl methyl sites for hydroxylation is 1. The minimum Gasteiger partial charge on any atom is -0.365 e. The Labute approximate surface area is 182 Å². The van der Waals surface area contributed by atoms with Crippen LogP contribution < -0.4 is 10.2 Å². The lowest BCUT2D eigenvalue weighted by atomic mass is 10.2. The Morgan fingerprint density at radius 1 is 1.23 bits per heavy atom. The maximum absolute atomic E-state index is 4.68. The van der Waals surface area contributed by atoms with Crippen molar-refractivity contribution >= 4 is 33.7 Å². The van der Waals surface area contributed by atoms with Crippen LogP contribution in [0, 0.1) is 6.92 Å². The van der Waals surface area contributed by atoms with E-state index in [1.807, 2.05) is 29.9 Å². The number of benzene rings is 1. The van der Waals surface area contributed by atoms with Crippen LogP contribution in [0.5, 0.6) is 0 Å². The third kappa shape index (κ3) is 3.23. The molecule has 5 aromatic rings. The molecule has 4 aromatic heterocycles. The minimum absolute atomic E-state index is 0.719. The molecule has 31 heavy (non-hydrogen) atoms. The number of hydrogen-bond acceptors (Lipinski definition) is 7. The molecule has 0 fully saturated rings. The maximum atomic E-state index is 4.68. The van der Waals surface area contributed by atoms with Gasteiger partial charge in [-0.25, -0.2) is 9.97 Å². The second-order valence-electron chi connectivity index (χ2n) is 7.66. The van der Waals surface area contributed by atoms with Crippen LogP contribution in [0.15, 0.2) is 55.1 Å². The fraction of sp³-hybridized carbons (Fsp3) is 0.182. The summed E-state index contributed by atoms with van der Waals surface area (Å²) < 4.78 is 6.71. The Hall–Kier alpha value is -3.72. The second kappa shape index (κ2) is 7.21. The average Bonchev–Trinajstić information content (AvgIpc) is 3.55. The second-order valence-corrected chi connectivity index (χ2v) is 8.47. The van der Waals surface area contributed by atoms with E-state index in [1.54, 1.807) is 6.20 Å². The molecule has 1 aliphatic rings. The fourth-order valence-corrected chi connectivity index (χ4v) is 4.78. The van der Waals surface area contributed by atoms with Gasteiger partial charge in [-0.3, -0.25) is 9.50 Å². The van der Waals surface area contributed by atoms with Gasteiger partial charge in [0.05, 0.1) is 36.0 Å². The summed E-state index contributed by atoms with van der Waals surface area (Å²) in [5.74, 6) is 0.719. The van der Waals surface area contributed by atoms with Crippen LogP contribution in [0.25, 0.3) is 16.9 Å². The van der Waals surface area contributed by atoms with E-state index in [0.29, 0.717) is 0 Å². The lowest BCUT2D eigenvalue weighted by molar-refractivity contribution is 0.824. The van der Waals surface area contributed by atoms with E-state index in [9.17, 15) is 0 Å². The molecule has 0 radical (unpaired) electrons. The Balaban J connectivity index is 1.27. The highest BCUT2D eigenvalue weighted by Crippen LogP contribution is 2.31. The number of para-hydroxylation sites is 1. The standard InChI is InChI=1S/C22H20N8S/c1-14-12-30-19(16-9-24-25-10-16)11-23-22(30)21(26-14)27-20-8-17(28-31-20)13-29-7-6-15-4-2-3-5-18(15)29/h2-5,8-12H,6-7,13H2,1H3,(H,24,25)(H,26,27). The van der Waals surface area contributed by atoms with Crippen molar-refractivity contribution in [1.82, 2.24) is 28.9 Å². The first kappa shape index (κ1) is 18.1.